The van der Waals surface area contributed by atoms with Gasteiger partial charge in [-0.3, -0.25) is 9.59 Å². The fraction of sp³-hybridized carbons (Fsp3) is 0.538. The van der Waals surface area contributed by atoms with Crippen LogP contribution in [0.25, 0.3) is 0 Å². The highest BCUT2D eigenvalue weighted by Gasteiger charge is 2.29. The van der Waals surface area contributed by atoms with Gasteiger partial charge in [0, 0.05) is 17.7 Å². The van der Waals surface area contributed by atoms with Crippen LogP contribution < -0.4 is 5.43 Å². The average Bonchev–Trinajstić information content (AvgIpc) is 2.86. The molecule has 1 aromatic rings. The summed E-state index contributed by atoms with van der Waals surface area (Å²) in [6, 6.07) is 1.35. The Morgan fingerprint density at radius 1 is 1.40 bits per heavy atom. The Kier molecular flexibility index (Phi) is 5.42. The summed E-state index contributed by atoms with van der Waals surface area (Å²) in [6.45, 7) is 0. The Balaban J connectivity index is 1.81. The van der Waals surface area contributed by atoms with Crippen molar-refractivity contribution in [1.29, 1.82) is 0 Å². The van der Waals surface area contributed by atoms with Crippen molar-refractivity contribution in [3.8, 4) is 5.75 Å². The topological polar surface area (TPSA) is 87.7 Å². The Morgan fingerprint density at radius 3 is 2.90 bits per heavy atom. The molecule has 0 radical (unpaired) electrons. The van der Waals surface area contributed by atoms with Crippen molar-refractivity contribution in [2.75, 3.05) is 0 Å². The monoisotopic (exact) mass is 316 g/mol. The third-order valence-electron chi connectivity index (χ3n) is 3.10. The molecule has 1 fully saturated rings. The van der Waals surface area contributed by atoms with E-state index in [0.717, 1.165) is 25.5 Å². The van der Waals surface area contributed by atoms with Gasteiger partial charge >= 0.3 is 5.97 Å². The van der Waals surface area contributed by atoms with Crippen LogP contribution >= 0.6 is 21.6 Å². The molecule has 2 atom stereocenters. The van der Waals surface area contributed by atoms with Crippen LogP contribution in [0, 0.1) is 0 Å². The molecule has 2 rings (SSSR count). The number of carbonyl (C=O) groups is 1. The summed E-state index contributed by atoms with van der Waals surface area (Å²) in [4.78, 5) is 21.8. The third-order valence-corrected chi connectivity index (χ3v) is 6.42. The quantitative estimate of drug-likeness (QED) is 0.615. The van der Waals surface area contributed by atoms with Crippen molar-refractivity contribution in [3.63, 3.8) is 0 Å². The summed E-state index contributed by atoms with van der Waals surface area (Å²) in [5.74, 6) is -0.518. The SMILES string of the molecule is O=C(O)CCCC[C@H]1CC(c2cc(=O)c(O)co2)SS1. The van der Waals surface area contributed by atoms with Crippen molar-refractivity contribution in [1.82, 2.24) is 0 Å². The van der Waals surface area contributed by atoms with Crippen molar-refractivity contribution in [3.05, 3.63) is 28.3 Å². The molecule has 1 aliphatic heterocycles. The first-order valence-electron chi connectivity index (χ1n) is 6.42. The molecule has 1 saturated heterocycles. The molecule has 7 heteroatoms. The smallest absolute Gasteiger partial charge is 0.303 e. The van der Waals surface area contributed by atoms with Crippen LogP contribution in [0.15, 0.2) is 21.5 Å². The second kappa shape index (κ2) is 7.08. The first-order chi connectivity index (χ1) is 9.56. The summed E-state index contributed by atoms with van der Waals surface area (Å²) in [7, 11) is 3.43. The maximum Gasteiger partial charge on any atom is 0.303 e. The first-order valence-corrected chi connectivity index (χ1v) is 8.69. The van der Waals surface area contributed by atoms with Crippen LogP contribution in [-0.4, -0.2) is 21.4 Å². The minimum Gasteiger partial charge on any atom is -0.502 e. The predicted molar refractivity (Wildman–Crippen MR) is 79.1 cm³/mol. The van der Waals surface area contributed by atoms with Gasteiger partial charge < -0.3 is 14.6 Å². The van der Waals surface area contributed by atoms with Gasteiger partial charge in [-0.25, -0.2) is 0 Å². The largest absolute Gasteiger partial charge is 0.502 e. The van der Waals surface area contributed by atoms with Gasteiger partial charge in [-0.1, -0.05) is 28.0 Å². The van der Waals surface area contributed by atoms with E-state index in [-0.39, 0.29) is 17.4 Å². The molecule has 20 heavy (non-hydrogen) atoms. The van der Waals surface area contributed by atoms with Gasteiger partial charge in [0.05, 0.1) is 5.25 Å². The number of unbranched alkanes of at least 4 members (excludes halogenated alkanes) is 1. The maximum absolute atomic E-state index is 11.4. The molecule has 0 saturated carbocycles. The minimum absolute atomic E-state index is 0.123. The van der Waals surface area contributed by atoms with E-state index in [1.54, 1.807) is 21.6 Å². The summed E-state index contributed by atoms with van der Waals surface area (Å²) < 4.78 is 5.27. The van der Waals surface area contributed by atoms with Gasteiger partial charge in [0.15, 0.2) is 5.75 Å². The van der Waals surface area contributed by atoms with E-state index in [1.165, 1.54) is 6.07 Å². The normalized spacial score (nSPS) is 22.0. The van der Waals surface area contributed by atoms with E-state index in [4.69, 9.17) is 14.6 Å². The molecule has 0 bridgehead atoms. The van der Waals surface area contributed by atoms with Gasteiger partial charge in [-0.2, -0.15) is 0 Å². The number of hydrogen-bond donors (Lipinski definition) is 2. The van der Waals surface area contributed by atoms with Crippen molar-refractivity contribution >= 4 is 27.6 Å². The molecule has 1 aromatic heterocycles. The molecule has 0 amide bonds. The molecule has 2 heterocycles. The van der Waals surface area contributed by atoms with E-state index < -0.39 is 11.4 Å². The molecular formula is C13H16O5S2. The Bertz CT molecular complexity index is 528. The number of hydrogen-bond acceptors (Lipinski definition) is 6. The molecule has 0 aliphatic carbocycles. The molecule has 2 N–H and O–H groups in total. The molecule has 1 aliphatic rings. The van der Waals surface area contributed by atoms with E-state index in [2.05, 4.69) is 0 Å². The lowest BCUT2D eigenvalue weighted by Gasteiger charge is -2.08. The predicted octanol–water partition coefficient (Wildman–Crippen LogP) is 3.19. The molecule has 0 spiro atoms. The van der Waals surface area contributed by atoms with Crippen LogP contribution in [0.3, 0.4) is 0 Å². The molecular weight excluding hydrogens is 300 g/mol. The van der Waals surface area contributed by atoms with Crippen molar-refractivity contribution < 1.29 is 19.4 Å². The standard InChI is InChI=1S/C13H16O5S2/c14-9-6-11(18-7-10(9)15)12-5-8(19-20-12)3-1-2-4-13(16)17/h6-8,12,15H,1-5H2,(H,16,17)/t8-,12?/m0/s1. The average molecular weight is 316 g/mol. The highest BCUT2D eigenvalue weighted by atomic mass is 33.1. The number of rotatable bonds is 6. The third kappa shape index (κ3) is 4.21. The van der Waals surface area contributed by atoms with Gasteiger partial charge in [0.2, 0.25) is 5.43 Å². The lowest BCUT2D eigenvalue weighted by Crippen LogP contribution is -2.04. The first kappa shape index (κ1) is 15.3. The summed E-state index contributed by atoms with van der Waals surface area (Å²) >= 11 is 0. The van der Waals surface area contributed by atoms with Gasteiger partial charge in [0.1, 0.15) is 12.0 Å². The molecule has 5 nitrogen and oxygen atoms in total. The highest BCUT2D eigenvalue weighted by molar-refractivity contribution is 8.77. The summed E-state index contributed by atoms with van der Waals surface area (Å²) in [5.41, 5.74) is -0.415. The van der Waals surface area contributed by atoms with E-state index in [1.807, 2.05) is 0 Å². The Hall–Kier alpha value is -1.08. The number of carboxylic acids is 1. The van der Waals surface area contributed by atoms with Crippen LogP contribution in [0.2, 0.25) is 0 Å². The highest BCUT2D eigenvalue weighted by Crippen LogP contribution is 2.53. The zero-order valence-electron chi connectivity index (χ0n) is 10.8. The summed E-state index contributed by atoms with van der Waals surface area (Å²) in [6.07, 6.45) is 4.79. The number of aromatic hydroxyl groups is 1. The Morgan fingerprint density at radius 2 is 2.20 bits per heavy atom. The zero-order valence-corrected chi connectivity index (χ0v) is 12.4. The van der Waals surface area contributed by atoms with Crippen LogP contribution in [0.4, 0.5) is 0 Å². The van der Waals surface area contributed by atoms with Crippen molar-refractivity contribution in [2.45, 2.75) is 42.6 Å². The fourth-order valence-electron chi connectivity index (χ4n) is 2.03. The second-order valence-corrected chi connectivity index (χ2v) is 7.49. The van der Waals surface area contributed by atoms with E-state index >= 15 is 0 Å². The van der Waals surface area contributed by atoms with E-state index in [0.29, 0.717) is 17.4 Å². The van der Waals surface area contributed by atoms with Gasteiger partial charge in [0.25, 0.3) is 0 Å². The summed E-state index contributed by atoms with van der Waals surface area (Å²) in [5, 5.41) is 18.3. The van der Waals surface area contributed by atoms with Crippen LogP contribution in [0.5, 0.6) is 5.75 Å². The van der Waals surface area contributed by atoms with Crippen LogP contribution in [-0.2, 0) is 4.79 Å². The van der Waals surface area contributed by atoms with E-state index in [9.17, 15) is 9.59 Å². The lowest BCUT2D eigenvalue weighted by molar-refractivity contribution is -0.137. The maximum atomic E-state index is 11.4. The lowest BCUT2D eigenvalue weighted by atomic mass is 10.1. The van der Waals surface area contributed by atoms with Crippen molar-refractivity contribution in [2.24, 2.45) is 0 Å². The minimum atomic E-state index is -0.748. The molecule has 1 unspecified atom stereocenters. The fourth-order valence-corrected chi connectivity index (χ4v) is 5.42. The molecule has 110 valence electrons. The molecule has 0 aromatic carbocycles. The van der Waals surface area contributed by atoms with Gasteiger partial charge in [-0.05, 0) is 19.3 Å². The second-order valence-electron chi connectivity index (χ2n) is 4.71. The Labute approximate surface area is 124 Å². The van der Waals surface area contributed by atoms with Gasteiger partial charge in [-0.15, -0.1) is 0 Å². The number of aliphatic carboxylic acids is 1. The van der Waals surface area contributed by atoms with Crippen LogP contribution in [0.1, 0.15) is 43.1 Å². The zero-order chi connectivity index (χ0) is 14.5. The number of carboxylic acid groups (broad SMARTS) is 1.